The fourth-order valence-electron chi connectivity index (χ4n) is 3.70. The molecule has 1 aromatic heterocycles. The van der Waals surface area contributed by atoms with Crippen molar-refractivity contribution in [3.63, 3.8) is 0 Å². The molecule has 0 N–H and O–H groups in total. The average Bonchev–Trinajstić information content (AvgIpc) is 2.72. The molecule has 0 fully saturated rings. The van der Waals surface area contributed by atoms with Crippen LogP contribution in [0, 0.1) is 27.7 Å². The summed E-state index contributed by atoms with van der Waals surface area (Å²) < 4.78 is 2.90. The van der Waals surface area contributed by atoms with E-state index in [9.17, 15) is 0 Å². The number of aryl methyl sites for hydroxylation is 4. The molecule has 169 valence electrons. The Hall–Kier alpha value is -1.49. The van der Waals surface area contributed by atoms with Crippen molar-refractivity contribution in [1.82, 2.24) is 0 Å². The molecule has 0 spiro atoms. The summed E-state index contributed by atoms with van der Waals surface area (Å²) in [6, 6.07) is 16.3. The SMILES string of the molecule is CC(=Nc1c(C)cc(C)cc1C)c1cccc(C(C)=Nc2c(C)cccc2Br)[n+]1[Fe]([Cl])[Cl]. The van der Waals surface area contributed by atoms with Crippen molar-refractivity contribution in [2.75, 3.05) is 0 Å². The van der Waals surface area contributed by atoms with Gasteiger partial charge in [-0.25, -0.2) is 0 Å². The number of benzene rings is 2. The monoisotopic (exact) mass is 573 g/mol. The fourth-order valence-corrected chi connectivity index (χ4v) is 6.24. The third-order valence-electron chi connectivity index (χ3n) is 5.16. The quantitative estimate of drug-likeness (QED) is 0.219. The van der Waals surface area contributed by atoms with Crippen molar-refractivity contribution < 1.29 is 15.9 Å². The summed E-state index contributed by atoms with van der Waals surface area (Å²) in [5, 5.41) is 0. The van der Waals surface area contributed by atoms with Crippen LogP contribution in [0.5, 0.6) is 0 Å². The van der Waals surface area contributed by atoms with E-state index in [0.717, 1.165) is 55.3 Å². The molecule has 32 heavy (non-hydrogen) atoms. The van der Waals surface area contributed by atoms with Gasteiger partial charge in [0, 0.05) is 0 Å². The van der Waals surface area contributed by atoms with Crippen LogP contribution in [0.15, 0.2) is 63.0 Å². The Morgan fingerprint density at radius 2 is 1.28 bits per heavy atom. The molecule has 0 aliphatic carbocycles. The van der Waals surface area contributed by atoms with Gasteiger partial charge >= 0.3 is 213 Å². The van der Waals surface area contributed by atoms with Crippen LogP contribution in [-0.4, -0.2) is 11.4 Å². The van der Waals surface area contributed by atoms with Gasteiger partial charge in [0.05, 0.1) is 0 Å². The standard InChI is InChI=1S/C25H26BrN3.2ClH.Fe/c1-15-13-17(3)24(18(4)14-15)27-19(5)22-11-8-12-23(29-22)20(6)28-25-16(2)9-7-10-21(25)26;;;/h7-14H,1-6H3;2*1H;/q;;;+3/p-2. The maximum atomic E-state index is 6.55. The first-order chi connectivity index (χ1) is 15.1. The van der Waals surface area contributed by atoms with Crippen LogP contribution in [0.4, 0.5) is 11.4 Å². The molecule has 2 aromatic carbocycles. The summed E-state index contributed by atoms with van der Waals surface area (Å²) in [4.78, 5) is 9.87. The summed E-state index contributed by atoms with van der Waals surface area (Å²) in [5.41, 5.74) is 9.92. The van der Waals surface area contributed by atoms with E-state index < -0.39 is 12.3 Å². The van der Waals surface area contributed by atoms with Crippen LogP contribution in [0.3, 0.4) is 0 Å². The fraction of sp³-hybridized carbons (Fsp3) is 0.240. The number of hydrogen-bond acceptors (Lipinski definition) is 2. The molecule has 0 bridgehead atoms. The minimum atomic E-state index is -1.70. The zero-order chi connectivity index (χ0) is 23.6. The first kappa shape index (κ1) is 25.1. The molecule has 1 heterocycles. The average molecular weight is 575 g/mol. The summed E-state index contributed by atoms with van der Waals surface area (Å²) in [6.45, 7) is 12.3. The van der Waals surface area contributed by atoms with Crippen LogP contribution in [0.2, 0.25) is 0 Å². The van der Waals surface area contributed by atoms with E-state index in [1.54, 1.807) is 0 Å². The van der Waals surface area contributed by atoms with E-state index in [4.69, 9.17) is 30.2 Å². The van der Waals surface area contributed by atoms with E-state index in [1.807, 2.05) is 60.8 Å². The second-order valence-corrected chi connectivity index (χ2v) is 12.3. The number of nitrogens with zero attached hydrogens (tertiary/aromatic N) is 3. The van der Waals surface area contributed by atoms with Gasteiger partial charge < -0.3 is 0 Å². The summed E-state index contributed by atoms with van der Waals surface area (Å²) in [5.74, 6) is 0. The van der Waals surface area contributed by atoms with E-state index in [1.165, 1.54) is 5.56 Å². The first-order valence-corrected chi connectivity index (χ1v) is 14.4. The van der Waals surface area contributed by atoms with Gasteiger partial charge in [0.15, 0.2) is 0 Å². The second-order valence-electron chi connectivity index (χ2n) is 7.78. The van der Waals surface area contributed by atoms with Crippen LogP contribution < -0.4 is 3.58 Å². The molecule has 0 unspecified atom stereocenters. The van der Waals surface area contributed by atoms with Gasteiger partial charge in [0.1, 0.15) is 0 Å². The summed E-state index contributed by atoms with van der Waals surface area (Å²) in [7, 11) is 13.1. The molecule has 0 aliphatic heterocycles. The molecule has 0 saturated carbocycles. The number of aromatic nitrogens is 1. The maximum absolute atomic E-state index is 6.55. The van der Waals surface area contributed by atoms with Gasteiger partial charge in [-0.1, -0.05) is 0 Å². The number of aliphatic imine (C=N–C) groups is 2. The number of para-hydroxylation sites is 1. The van der Waals surface area contributed by atoms with Crippen LogP contribution in [0.25, 0.3) is 0 Å². The molecule has 3 rings (SSSR count). The Kier molecular flexibility index (Phi) is 8.35. The number of rotatable bonds is 5. The van der Waals surface area contributed by atoms with Crippen LogP contribution in [0.1, 0.15) is 47.5 Å². The van der Waals surface area contributed by atoms with Crippen molar-refractivity contribution in [2.45, 2.75) is 41.5 Å². The van der Waals surface area contributed by atoms with Gasteiger partial charge in [0.2, 0.25) is 0 Å². The van der Waals surface area contributed by atoms with Crippen molar-refractivity contribution in [2.24, 2.45) is 9.98 Å². The second kappa shape index (κ2) is 10.6. The summed E-state index contributed by atoms with van der Waals surface area (Å²) >= 11 is 1.91. The third kappa shape index (κ3) is 5.52. The Bertz CT molecular complexity index is 1190. The predicted octanol–water partition coefficient (Wildman–Crippen LogP) is 7.94. The molecular formula is C25H26BrCl2FeN3+. The van der Waals surface area contributed by atoms with Gasteiger partial charge in [-0.3, -0.25) is 0 Å². The van der Waals surface area contributed by atoms with Gasteiger partial charge in [-0.2, -0.15) is 0 Å². The molecule has 3 aromatic rings. The van der Waals surface area contributed by atoms with E-state index in [2.05, 4.69) is 48.8 Å². The van der Waals surface area contributed by atoms with E-state index in [-0.39, 0.29) is 0 Å². The molecule has 0 atom stereocenters. The zero-order valence-electron chi connectivity index (χ0n) is 18.9. The Morgan fingerprint density at radius 1 is 0.781 bits per heavy atom. The topological polar surface area (TPSA) is 28.6 Å². The molecular weight excluding hydrogens is 549 g/mol. The van der Waals surface area contributed by atoms with Crippen LogP contribution in [-0.2, 0) is 12.3 Å². The molecule has 0 saturated heterocycles. The van der Waals surface area contributed by atoms with Crippen molar-refractivity contribution >= 4 is 58.9 Å². The molecule has 3 nitrogen and oxygen atoms in total. The van der Waals surface area contributed by atoms with E-state index in [0.29, 0.717) is 0 Å². The number of hydrogen-bond donors (Lipinski definition) is 0. The summed E-state index contributed by atoms with van der Waals surface area (Å²) in [6.07, 6.45) is 0. The van der Waals surface area contributed by atoms with Crippen molar-refractivity contribution in [3.05, 3.63) is 86.6 Å². The van der Waals surface area contributed by atoms with Crippen molar-refractivity contribution in [1.29, 1.82) is 0 Å². The number of halogens is 3. The molecule has 0 aliphatic rings. The van der Waals surface area contributed by atoms with Crippen molar-refractivity contribution in [3.8, 4) is 0 Å². The predicted molar refractivity (Wildman–Crippen MR) is 137 cm³/mol. The molecule has 0 radical (unpaired) electrons. The molecule has 7 heteroatoms. The van der Waals surface area contributed by atoms with Gasteiger partial charge in [-0.05, 0) is 0 Å². The van der Waals surface area contributed by atoms with Gasteiger partial charge in [0.25, 0.3) is 0 Å². The Morgan fingerprint density at radius 3 is 1.78 bits per heavy atom. The Labute approximate surface area is 211 Å². The van der Waals surface area contributed by atoms with E-state index >= 15 is 0 Å². The first-order valence-electron chi connectivity index (χ1n) is 10.1. The molecule has 0 amide bonds. The van der Waals surface area contributed by atoms with Gasteiger partial charge in [-0.15, -0.1) is 0 Å². The van der Waals surface area contributed by atoms with Crippen LogP contribution >= 0.6 is 36.1 Å². The normalized spacial score (nSPS) is 12.8. The number of pyridine rings is 1. The zero-order valence-corrected chi connectivity index (χ0v) is 23.1. The third-order valence-corrected chi connectivity index (χ3v) is 7.69. The minimum absolute atomic E-state index is 0.830. The Balaban J connectivity index is 2.16.